The zero-order chi connectivity index (χ0) is 26.3. The molecule has 0 radical (unpaired) electrons. The number of halogens is 5. The maximum absolute atomic E-state index is 15.1. The minimum absolute atomic E-state index is 0.0367. The smallest absolute Gasteiger partial charge is 0.386 e. The normalized spacial score (nSPS) is 27.6. The number of nitrogens with one attached hydrogen (secondary N) is 1. The van der Waals surface area contributed by atoms with Gasteiger partial charge in [-0.05, 0) is 31.5 Å². The molecule has 190 valence electrons. The fraction of sp³-hybridized carbons (Fsp3) is 0.435. The molecule has 1 aromatic heterocycles. The van der Waals surface area contributed by atoms with Gasteiger partial charge in [0.15, 0.2) is 6.10 Å². The molecule has 13 heteroatoms. The largest absolute Gasteiger partial charge is 0.415 e. The quantitative estimate of drug-likeness (QED) is 0.596. The molecule has 4 atom stereocenters. The highest BCUT2D eigenvalue weighted by Gasteiger charge is 2.64. The molecule has 3 heterocycles. The number of aromatic nitrogens is 2. The first kappa shape index (κ1) is 25.4. The Morgan fingerprint density at radius 3 is 2.69 bits per heavy atom. The average Bonchev–Trinajstić information content (AvgIpc) is 3.20. The van der Waals surface area contributed by atoms with Crippen molar-refractivity contribution in [3.05, 3.63) is 53.4 Å². The van der Waals surface area contributed by atoms with Gasteiger partial charge < -0.3 is 15.8 Å². The van der Waals surface area contributed by atoms with Gasteiger partial charge in [-0.1, -0.05) is 0 Å². The summed E-state index contributed by atoms with van der Waals surface area (Å²) in [5.41, 5.74) is 2.67. The van der Waals surface area contributed by atoms with E-state index in [4.69, 9.17) is 10.5 Å². The lowest BCUT2D eigenvalue weighted by molar-refractivity contribution is -0.218. The number of carbonyl (C=O) groups is 1. The fourth-order valence-corrected chi connectivity index (χ4v) is 4.56. The predicted octanol–water partition coefficient (Wildman–Crippen LogP) is 3.44. The molecular weight excluding hydrogens is 487 g/mol. The van der Waals surface area contributed by atoms with Crippen LogP contribution in [-0.2, 0) is 16.7 Å². The number of rotatable bonds is 5. The van der Waals surface area contributed by atoms with E-state index in [1.54, 1.807) is 0 Å². The van der Waals surface area contributed by atoms with Crippen LogP contribution in [-0.4, -0.2) is 47.3 Å². The number of nitrogens with zero attached hydrogens (tertiary/aromatic N) is 4. The number of nitriles is 1. The van der Waals surface area contributed by atoms with Crippen molar-refractivity contribution in [1.82, 2.24) is 9.97 Å². The van der Waals surface area contributed by atoms with Crippen LogP contribution >= 0.6 is 0 Å². The monoisotopic (exact) mass is 508 g/mol. The van der Waals surface area contributed by atoms with E-state index < -0.39 is 54.2 Å². The maximum Gasteiger partial charge on any atom is 0.415 e. The van der Waals surface area contributed by atoms with Crippen molar-refractivity contribution in [2.24, 2.45) is 22.1 Å². The van der Waals surface area contributed by atoms with Crippen molar-refractivity contribution in [1.29, 1.82) is 5.26 Å². The number of nitrogens with two attached hydrogens (primary N) is 1. The number of aryl methyl sites for hydroxylation is 1. The number of fused-ring (bicyclic) bond motifs is 1. The fourth-order valence-electron chi connectivity index (χ4n) is 4.56. The Hall–Kier alpha value is -3.66. The van der Waals surface area contributed by atoms with Crippen molar-refractivity contribution in [3.63, 3.8) is 0 Å². The van der Waals surface area contributed by atoms with Gasteiger partial charge in [-0.25, -0.2) is 9.37 Å². The van der Waals surface area contributed by atoms with Gasteiger partial charge in [0.25, 0.3) is 5.91 Å². The lowest BCUT2D eigenvalue weighted by Crippen LogP contribution is -2.51. The van der Waals surface area contributed by atoms with Crippen LogP contribution in [0.4, 0.5) is 27.6 Å². The molecular formula is C23H21F5N6O2. The summed E-state index contributed by atoms with van der Waals surface area (Å²) in [6.45, 7) is 0.106. The van der Waals surface area contributed by atoms with Crippen LogP contribution in [0.25, 0.3) is 0 Å². The first-order chi connectivity index (χ1) is 16.9. The summed E-state index contributed by atoms with van der Waals surface area (Å²) in [6, 6.07) is 5.27. The summed E-state index contributed by atoms with van der Waals surface area (Å²) in [4.78, 5) is 24.7. The number of aliphatic imine (C=N–C) groups is 1. The van der Waals surface area contributed by atoms with Gasteiger partial charge in [0.1, 0.15) is 28.3 Å². The lowest BCUT2D eigenvalue weighted by atomic mass is 9.66. The average molecular weight is 508 g/mol. The molecule has 1 saturated heterocycles. The van der Waals surface area contributed by atoms with E-state index >= 15 is 4.39 Å². The second-order valence-corrected chi connectivity index (χ2v) is 8.93. The van der Waals surface area contributed by atoms with Crippen LogP contribution in [0.5, 0.6) is 0 Å². The van der Waals surface area contributed by atoms with Gasteiger partial charge in [-0.3, -0.25) is 19.2 Å². The summed E-state index contributed by atoms with van der Waals surface area (Å²) in [6.07, 6.45) is -5.02. The van der Waals surface area contributed by atoms with E-state index in [0.717, 1.165) is 12.3 Å². The van der Waals surface area contributed by atoms with Gasteiger partial charge >= 0.3 is 6.18 Å². The predicted molar refractivity (Wildman–Crippen MR) is 117 cm³/mol. The van der Waals surface area contributed by atoms with Gasteiger partial charge in [0, 0.05) is 29.8 Å². The maximum atomic E-state index is 15.1. The van der Waals surface area contributed by atoms with Crippen molar-refractivity contribution < 1.29 is 31.5 Å². The Labute approximate surface area is 202 Å². The molecule has 0 aliphatic carbocycles. The third-order valence-corrected chi connectivity index (χ3v) is 6.52. The molecule has 2 aromatic rings. The van der Waals surface area contributed by atoms with E-state index in [2.05, 4.69) is 20.3 Å². The second-order valence-electron chi connectivity index (χ2n) is 8.93. The van der Waals surface area contributed by atoms with Gasteiger partial charge in [-0.15, -0.1) is 0 Å². The van der Waals surface area contributed by atoms with E-state index in [9.17, 15) is 27.6 Å². The van der Waals surface area contributed by atoms with Crippen LogP contribution in [0.2, 0.25) is 0 Å². The van der Waals surface area contributed by atoms with E-state index in [0.29, 0.717) is 5.69 Å². The highest BCUT2D eigenvalue weighted by Crippen LogP contribution is 2.55. The Balaban J connectivity index is 1.72. The molecule has 8 nitrogen and oxygen atoms in total. The summed E-state index contributed by atoms with van der Waals surface area (Å²) in [5.74, 6) is -3.27. The number of carbonyl (C=O) groups excluding carboxylic acids is 1. The highest BCUT2D eigenvalue weighted by molar-refractivity contribution is 6.02. The molecule has 0 unspecified atom stereocenters. The first-order valence-electron chi connectivity index (χ1n) is 10.9. The molecule has 0 saturated carbocycles. The Bertz CT molecular complexity index is 1250. The summed E-state index contributed by atoms with van der Waals surface area (Å²) in [7, 11) is 0. The van der Waals surface area contributed by atoms with Crippen LogP contribution in [0, 0.1) is 28.5 Å². The standard InChI is InChI=1S/C23H21F5N6O2/c1-21(10-29)7-15-18(23(26,27)28)36-11-22(15,34-20(21)30)14-6-12(2-3-16(14)25)33-19(35)17-9-31-13(4-5-24)8-32-17/h2-3,6,8-9,15,18H,4-5,7,11H2,1H3,(H2,30,34)(H,33,35)/t15-,18+,21+,22-/m1/s1. The van der Waals surface area contributed by atoms with E-state index in [-0.39, 0.29) is 35.6 Å². The van der Waals surface area contributed by atoms with Crippen molar-refractivity contribution in [3.8, 4) is 6.07 Å². The second kappa shape index (κ2) is 9.09. The number of hydrogen-bond acceptors (Lipinski definition) is 7. The van der Waals surface area contributed by atoms with Crippen LogP contribution in [0.3, 0.4) is 0 Å². The van der Waals surface area contributed by atoms with Gasteiger partial charge in [-0.2, -0.15) is 18.4 Å². The molecule has 1 amide bonds. The van der Waals surface area contributed by atoms with Crippen molar-refractivity contribution in [2.75, 3.05) is 18.6 Å². The van der Waals surface area contributed by atoms with Gasteiger partial charge in [0.05, 0.1) is 31.2 Å². The molecule has 0 bridgehead atoms. The molecule has 3 N–H and O–H groups in total. The Kier molecular flexibility index (Phi) is 6.42. The zero-order valence-corrected chi connectivity index (χ0v) is 18.9. The molecule has 1 fully saturated rings. The van der Waals surface area contributed by atoms with E-state index in [1.807, 2.05) is 6.07 Å². The zero-order valence-electron chi connectivity index (χ0n) is 18.9. The molecule has 4 rings (SSSR count). The lowest BCUT2D eigenvalue weighted by Gasteiger charge is -2.42. The van der Waals surface area contributed by atoms with Crippen molar-refractivity contribution in [2.45, 2.75) is 37.6 Å². The molecule has 2 aliphatic heterocycles. The molecule has 36 heavy (non-hydrogen) atoms. The number of ether oxygens (including phenoxy) is 1. The summed E-state index contributed by atoms with van der Waals surface area (Å²) >= 11 is 0. The third-order valence-electron chi connectivity index (χ3n) is 6.52. The SMILES string of the molecule is C[C@@]1(C#N)C[C@@H]2[C@@H](C(F)(F)F)OC[C@]2(c2cc(NC(=O)c3cnc(CCF)cn3)ccc2F)N=C1N. The molecule has 2 aliphatic rings. The van der Waals surface area contributed by atoms with Crippen LogP contribution in [0.15, 0.2) is 35.6 Å². The van der Waals surface area contributed by atoms with Gasteiger partial charge in [0.2, 0.25) is 0 Å². The topological polar surface area (TPSA) is 126 Å². The van der Waals surface area contributed by atoms with Crippen LogP contribution in [0.1, 0.15) is 35.1 Å². The highest BCUT2D eigenvalue weighted by atomic mass is 19.4. The Morgan fingerprint density at radius 2 is 2.08 bits per heavy atom. The number of alkyl halides is 4. The summed E-state index contributed by atoms with van der Waals surface area (Å²) < 4.78 is 74.1. The summed E-state index contributed by atoms with van der Waals surface area (Å²) in [5, 5.41) is 12.0. The minimum Gasteiger partial charge on any atom is -0.386 e. The number of anilines is 1. The van der Waals surface area contributed by atoms with Crippen molar-refractivity contribution >= 4 is 17.4 Å². The number of benzene rings is 1. The third kappa shape index (κ3) is 4.37. The van der Waals surface area contributed by atoms with Crippen LogP contribution < -0.4 is 11.1 Å². The minimum atomic E-state index is -4.79. The molecule has 1 aromatic carbocycles. The Morgan fingerprint density at radius 1 is 1.33 bits per heavy atom. The number of amides is 1. The van der Waals surface area contributed by atoms with E-state index in [1.165, 1.54) is 25.3 Å². The number of hydrogen-bond donors (Lipinski definition) is 2. The first-order valence-corrected chi connectivity index (χ1v) is 10.9. The molecule has 0 spiro atoms. The number of amidine groups is 1.